The van der Waals surface area contributed by atoms with Crippen molar-refractivity contribution in [3.63, 3.8) is 0 Å². The first-order valence-corrected chi connectivity index (χ1v) is 17.3. The smallest absolute Gasteiger partial charge is 0.349 e. The van der Waals surface area contributed by atoms with Gasteiger partial charge >= 0.3 is 23.9 Å². The molecular formula is C34H57O14P. The number of rotatable bonds is 5. The van der Waals surface area contributed by atoms with Gasteiger partial charge in [0.25, 0.3) is 0 Å². The quantitative estimate of drug-likeness (QED) is 0.143. The fourth-order valence-corrected chi connectivity index (χ4v) is 3.62. The van der Waals surface area contributed by atoms with Gasteiger partial charge in [-0.3, -0.25) is 9.59 Å². The standard InChI is InChI=1S/C8H14O4.C8H12O4.C8H12O3.C5H8O2.C3H4O.C2H7P/c2*1-8(7(10)11-2)4-3-6(9)5-12-8;1-8(7(9)10-2)5-3-4-6-11-8;1-4(2)5(6)7-3;1-2-3-4;1-3-2/h6,9H,3-5H2,1-2H3;3-5H2,1-2H3;4,6H,3,5H2,1-2H3;1H2,2-3H3;2-3H,1H2;3H,1-2H3. The number of hydrogen-bond donors (Lipinski definition) is 1. The molecule has 0 bridgehead atoms. The number of methoxy groups -OCH3 is 4. The number of Topliss-reactive ketones (excluding diaryl/α,β-unsaturated/α-hetero) is 1. The molecule has 0 saturated carbocycles. The van der Waals surface area contributed by atoms with Crippen LogP contribution in [0.15, 0.2) is 37.1 Å². The van der Waals surface area contributed by atoms with Crippen LogP contribution in [0.1, 0.15) is 66.2 Å². The molecule has 0 amide bonds. The zero-order valence-corrected chi connectivity index (χ0v) is 31.7. The molecule has 3 rings (SSSR count). The molecule has 3 aliphatic rings. The lowest BCUT2D eigenvalue weighted by atomic mass is 9.95. The average molecular weight is 721 g/mol. The SMILES string of the molecule is C=C(C)C(=O)OC.C=CC=O.COC(=O)C1(C)CCC(=O)CO1.COC(=O)C1(C)CCC(O)CO1.COC(=O)C1(C)CCC=CO1.CPC. The molecule has 0 aromatic carbocycles. The fourth-order valence-electron chi connectivity index (χ4n) is 3.62. The highest BCUT2D eigenvalue weighted by Gasteiger charge is 2.40. The first-order valence-electron chi connectivity index (χ1n) is 15.3. The van der Waals surface area contributed by atoms with Crippen LogP contribution in [-0.2, 0) is 61.9 Å². The Labute approximate surface area is 292 Å². The first kappa shape index (κ1) is 49.9. The second-order valence-electron chi connectivity index (χ2n) is 11.2. The molecule has 1 N–H and O–H groups in total. The van der Waals surface area contributed by atoms with Crippen LogP contribution in [0, 0.1) is 0 Å². The molecule has 0 radical (unpaired) electrons. The number of aliphatic hydroxyl groups is 1. The normalized spacial score (nSPS) is 24.6. The van der Waals surface area contributed by atoms with Gasteiger partial charge < -0.3 is 38.3 Å². The monoisotopic (exact) mass is 720 g/mol. The van der Waals surface area contributed by atoms with Gasteiger partial charge in [0.2, 0.25) is 5.60 Å². The molecule has 0 spiro atoms. The highest BCUT2D eigenvalue weighted by molar-refractivity contribution is 7.35. The van der Waals surface area contributed by atoms with E-state index in [-0.39, 0.29) is 36.9 Å². The van der Waals surface area contributed by atoms with Crippen LogP contribution in [0.5, 0.6) is 0 Å². The summed E-state index contributed by atoms with van der Waals surface area (Å²) in [7, 11) is 6.43. The molecular weight excluding hydrogens is 663 g/mol. The lowest BCUT2D eigenvalue weighted by Crippen LogP contribution is -2.45. The van der Waals surface area contributed by atoms with Crippen molar-refractivity contribution >= 4 is 44.5 Å². The Morgan fingerprint density at radius 1 is 0.898 bits per heavy atom. The van der Waals surface area contributed by atoms with Gasteiger partial charge in [-0.2, -0.15) is 0 Å². The van der Waals surface area contributed by atoms with Crippen LogP contribution in [0.2, 0.25) is 0 Å². The van der Waals surface area contributed by atoms with Crippen molar-refractivity contribution in [2.24, 2.45) is 0 Å². The molecule has 15 heteroatoms. The molecule has 3 aliphatic heterocycles. The summed E-state index contributed by atoms with van der Waals surface area (Å²) >= 11 is 0. The topological polar surface area (TPSA) is 187 Å². The van der Waals surface area contributed by atoms with Gasteiger partial charge in [-0.05, 0) is 78.9 Å². The highest BCUT2D eigenvalue weighted by Crippen LogP contribution is 2.26. The third-order valence-electron chi connectivity index (χ3n) is 6.68. The molecule has 2 fully saturated rings. The Bertz CT molecular complexity index is 1060. The number of aliphatic hydroxyl groups excluding tert-OH is 1. The Kier molecular flexibility index (Phi) is 27.9. The van der Waals surface area contributed by atoms with Crippen LogP contribution in [0.3, 0.4) is 0 Å². The van der Waals surface area contributed by atoms with Crippen molar-refractivity contribution in [2.75, 3.05) is 55.0 Å². The minimum absolute atomic E-state index is 0.0194. The van der Waals surface area contributed by atoms with Gasteiger partial charge in [-0.25, -0.2) is 19.2 Å². The number of carbonyl (C=O) groups excluding carboxylic acids is 6. The van der Waals surface area contributed by atoms with E-state index in [1.165, 1.54) is 34.5 Å². The Morgan fingerprint density at radius 3 is 1.65 bits per heavy atom. The Balaban J connectivity index is -0.000000548. The summed E-state index contributed by atoms with van der Waals surface area (Å²) in [4.78, 5) is 63.4. The predicted molar refractivity (Wildman–Crippen MR) is 185 cm³/mol. The molecule has 4 unspecified atom stereocenters. The van der Waals surface area contributed by atoms with Gasteiger partial charge in [0.15, 0.2) is 17.0 Å². The summed E-state index contributed by atoms with van der Waals surface area (Å²) in [5.41, 5.74) is -2.09. The van der Waals surface area contributed by atoms with Crippen molar-refractivity contribution in [2.45, 2.75) is 89.1 Å². The molecule has 0 aromatic rings. The van der Waals surface area contributed by atoms with E-state index in [0.29, 0.717) is 44.0 Å². The van der Waals surface area contributed by atoms with Crippen LogP contribution >= 0.6 is 8.58 Å². The number of aldehydes is 1. The van der Waals surface area contributed by atoms with Crippen molar-refractivity contribution < 1.29 is 67.0 Å². The van der Waals surface area contributed by atoms with E-state index in [1.54, 1.807) is 34.0 Å². The van der Waals surface area contributed by atoms with Gasteiger partial charge in [0.1, 0.15) is 12.9 Å². The van der Waals surface area contributed by atoms with Crippen LogP contribution in [0.25, 0.3) is 0 Å². The average Bonchev–Trinajstić information content (AvgIpc) is 3.10. The largest absolute Gasteiger partial charge is 0.484 e. The zero-order valence-electron chi connectivity index (χ0n) is 30.7. The molecule has 4 atom stereocenters. The van der Waals surface area contributed by atoms with Crippen molar-refractivity contribution in [1.82, 2.24) is 0 Å². The Morgan fingerprint density at radius 2 is 1.37 bits per heavy atom. The third kappa shape index (κ3) is 21.3. The number of hydrogen-bond acceptors (Lipinski definition) is 14. The lowest BCUT2D eigenvalue weighted by Gasteiger charge is -2.33. The summed E-state index contributed by atoms with van der Waals surface area (Å²) in [5, 5.41) is 9.12. The maximum Gasteiger partial charge on any atom is 0.349 e. The summed E-state index contributed by atoms with van der Waals surface area (Å²) in [6, 6.07) is 0. The van der Waals surface area contributed by atoms with E-state index in [2.05, 4.69) is 45.4 Å². The second-order valence-corrected chi connectivity index (χ2v) is 12.2. The number of carbonyl (C=O) groups is 6. The number of esters is 4. The van der Waals surface area contributed by atoms with E-state index in [0.717, 1.165) is 15.0 Å². The van der Waals surface area contributed by atoms with Crippen LogP contribution in [0.4, 0.5) is 0 Å². The zero-order chi connectivity index (χ0) is 38.7. The summed E-state index contributed by atoms with van der Waals surface area (Å²) in [6.07, 6.45) is 8.31. The highest BCUT2D eigenvalue weighted by atomic mass is 31.1. The van der Waals surface area contributed by atoms with Crippen molar-refractivity contribution in [1.29, 1.82) is 0 Å². The van der Waals surface area contributed by atoms with E-state index < -0.39 is 28.9 Å². The van der Waals surface area contributed by atoms with Gasteiger partial charge in [0.05, 0.1) is 47.4 Å². The second kappa shape index (κ2) is 27.4. The van der Waals surface area contributed by atoms with E-state index in [9.17, 15) is 24.0 Å². The van der Waals surface area contributed by atoms with E-state index >= 15 is 0 Å². The molecule has 49 heavy (non-hydrogen) atoms. The first-order chi connectivity index (χ1) is 22.9. The minimum Gasteiger partial charge on any atom is -0.484 e. The maximum absolute atomic E-state index is 11.2. The van der Waals surface area contributed by atoms with Gasteiger partial charge in [-0.1, -0.05) is 13.2 Å². The third-order valence-corrected chi connectivity index (χ3v) is 6.68. The molecule has 0 aromatic heterocycles. The molecule has 14 nitrogen and oxygen atoms in total. The summed E-state index contributed by atoms with van der Waals surface area (Å²) < 4.78 is 33.5. The molecule has 0 aliphatic carbocycles. The maximum atomic E-state index is 11.2. The van der Waals surface area contributed by atoms with Crippen LogP contribution in [-0.4, -0.2) is 119 Å². The minimum atomic E-state index is -0.914. The van der Waals surface area contributed by atoms with E-state index in [4.69, 9.17) is 24.1 Å². The molecule has 2 saturated heterocycles. The molecule has 3 heterocycles. The fraction of sp³-hybridized carbons (Fsp3) is 0.647. The Hall–Kier alpha value is -3.45. The van der Waals surface area contributed by atoms with E-state index in [1.807, 2.05) is 6.08 Å². The summed E-state index contributed by atoms with van der Waals surface area (Å²) in [6.45, 7) is 17.7. The number of ketones is 1. The van der Waals surface area contributed by atoms with Gasteiger partial charge in [-0.15, -0.1) is 8.58 Å². The van der Waals surface area contributed by atoms with Crippen molar-refractivity contribution in [3.05, 3.63) is 37.1 Å². The predicted octanol–water partition coefficient (Wildman–Crippen LogP) is 3.66. The number of allylic oxidation sites excluding steroid dienone is 2. The summed E-state index contributed by atoms with van der Waals surface area (Å²) in [5.74, 6) is -1.39. The van der Waals surface area contributed by atoms with Crippen LogP contribution < -0.4 is 0 Å². The lowest BCUT2D eigenvalue weighted by molar-refractivity contribution is -0.180. The number of ether oxygens (including phenoxy) is 7. The van der Waals surface area contributed by atoms with Crippen molar-refractivity contribution in [3.8, 4) is 0 Å². The van der Waals surface area contributed by atoms with Gasteiger partial charge in [0, 0.05) is 18.4 Å². The molecule has 282 valence electrons.